The van der Waals surface area contributed by atoms with Crippen LogP contribution >= 0.6 is 0 Å². The molecule has 0 unspecified atom stereocenters. The highest BCUT2D eigenvalue weighted by Crippen LogP contribution is 2.29. The summed E-state index contributed by atoms with van der Waals surface area (Å²) in [4.78, 5) is 17.1. The minimum Gasteiger partial charge on any atom is -0.393 e. The first-order valence-corrected chi connectivity index (χ1v) is 7.44. The Labute approximate surface area is 138 Å². The number of rotatable bonds is 3. The fourth-order valence-electron chi connectivity index (χ4n) is 2.57. The highest BCUT2D eigenvalue weighted by Gasteiger charge is 2.11. The topological polar surface area (TPSA) is 94.5 Å². The third kappa shape index (κ3) is 2.41. The van der Waals surface area contributed by atoms with Gasteiger partial charge in [-0.3, -0.25) is 9.55 Å². The fourth-order valence-corrected chi connectivity index (χ4v) is 2.57. The van der Waals surface area contributed by atoms with Crippen LogP contribution in [0.15, 0.2) is 55.4 Å². The van der Waals surface area contributed by atoms with Gasteiger partial charge in [0.2, 0.25) is 0 Å². The summed E-state index contributed by atoms with van der Waals surface area (Å²) in [5, 5.41) is 4.29. The summed E-state index contributed by atoms with van der Waals surface area (Å²) >= 11 is 0. The normalized spacial score (nSPS) is 10.9. The van der Waals surface area contributed by atoms with Crippen LogP contribution in [0.3, 0.4) is 0 Å². The number of nitrogens with one attached hydrogen (secondary N) is 1. The van der Waals surface area contributed by atoms with Crippen molar-refractivity contribution in [2.75, 3.05) is 11.1 Å². The average Bonchev–Trinajstić information content (AvgIpc) is 3.11. The molecule has 0 aliphatic heterocycles. The number of nitrogen functional groups attached to an aromatic ring is 1. The summed E-state index contributed by atoms with van der Waals surface area (Å²) in [6, 6.07) is 9.92. The molecule has 0 aliphatic rings. The minimum absolute atomic E-state index is 0.451. The second-order valence-corrected chi connectivity index (χ2v) is 5.38. The first kappa shape index (κ1) is 14.1. The predicted molar refractivity (Wildman–Crippen MR) is 93.3 cm³/mol. The molecule has 0 bridgehead atoms. The lowest BCUT2D eigenvalue weighted by atomic mass is 10.1. The van der Waals surface area contributed by atoms with Gasteiger partial charge in [-0.2, -0.15) is 0 Å². The molecule has 3 heterocycles. The van der Waals surface area contributed by atoms with E-state index in [1.54, 1.807) is 23.3 Å². The maximum Gasteiger partial charge on any atom is 0.166 e. The van der Waals surface area contributed by atoms with Crippen LogP contribution in [0, 0.1) is 6.92 Å². The molecule has 118 valence electrons. The Morgan fingerprint density at radius 1 is 1.12 bits per heavy atom. The van der Waals surface area contributed by atoms with Gasteiger partial charge in [0, 0.05) is 29.2 Å². The molecule has 0 saturated carbocycles. The van der Waals surface area contributed by atoms with Crippen LogP contribution in [0.1, 0.15) is 5.69 Å². The Balaban J connectivity index is 1.78. The van der Waals surface area contributed by atoms with E-state index < -0.39 is 0 Å². The predicted octanol–water partition coefficient (Wildman–Crippen LogP) is 2.84. The van der Waals surface area contributed by atoms with E-state index in [4.69, 9.17) is 5.73 Å². The average molecular weight is 317 g/mol. The molecule has 0 amide bonds. The van der Waals surface area contributed by atoms with Crippen molar-refractivity contribution in [3.05, 3.63) is 61.1 Å². The summed E-state index contributed by atoms with van der Waals surface area (Å²) in [5.41, 5.74) is 9.48. The molecule has 0 saturated heterocycles. The van der Waals surface area contributed by atoms with E-state index in [1.165, 1.54) is 6.33 Å². The number of benzene rings is 1. The van der Waals surface area contributed by atoms with E-state index in [0.29, 0.717) is 17.3 Å². The standard InChI is InChI=1S/C17H15N7/c1-11-5-6-12-13(22-11)3-2-4-14(12)23-16-15(18)17(21-9-20-16)24-8-7-19-10-24/h2-10H,18H2,1H3,(H,20,21,23). The summed E-state index contributed by atoms with van der Waals surface area (Å²) in [6.07, 6.45) is 6.58. The molecule has 1 aromatic carbocycles. The van der Waals surface area contributed by atoms with Crippen LogP contribution in [0.4, 0.5) is 17.2 Å². The molecule has 7 heteroatoms. The molecule has 0 spiro atoms. The minimum atomic E-state index is 0.451. The highest BCUT2D eigenvalue weighted by atomic mass is 15.1. The molecule has 0 atom stereocenters. The zero-order valence-corrected chi connectivity index (χ0v) is 13.0. The lowest BCUT2D eigenvalue weighted by Crippen LogP contribution is -2.06. The van der Waals surface area contributed by atoms with Gasteiger partial charge in [0.1, 0.15) is 18.3 Å². The molecule has 0 aliphatic carbocycles. The third-order valence-electron chi connectivity index (χ3n) is 3.74. The van der Waals surface area contributed by atoms with Crippen molar-refractivity contribution in [2.24, 2.45) is 0 Å². The Kier molecular flexibility index (Phi) is 3.31. The van der Waals surface area contributed by atoms with Crippen LogP contribution in [0.2, 0.25) is 0 Å². The van der Waals surface area contributed by atoms with Gasteiger partial charge >= 0.3 is 0 Å². The van der Waals surface area contributed by atoms with E-state index in [9.17, 15) is 0 Å². The Bertz CT molecular complexity index is 1010. The van der Waals surface area contributed by atoms with E-state index in [0.717, 1.165) is 22.3 Å². The van der Waals surface area contributed by atoms with Crippen molar-refractivity contribution in [1.82, 2.24) is 24.5 Å². The second kappa shape index (κ2) is 5.62. The monoisotopic (exact) mass is 317 g/mol. The van der Waals surface area contributed by atoms with Crippen molar-refractivity contribution in [3.8, 4) is 5.82 Å². The zero-order valence-electron chi connectivity index (χ0n) is 13.0. The van der Waals surface area contributed by atoms with Crippen LogP contribution in [0.5, 0.6) is 0 Å². The summed E-state index contributed by atoms with van der Waals surface area (Å²) in [5.74, 6) is 1.13. The number of pyridine rings is 1. The van der Waals surface area contributed by atoms with Gasteiger partial charge in [-0.05, 0) is 31.2 Å². The van der Waals surface area contributed by atoms with Crippen LogP contribution in [-0.4, -0.2) is 24.5 Å². The summed E-state index contributed by atoms with van der Waals surface area (Å²) in [6.45, 7) is 1.97. The number of nitrogens with zero attached hydrogens (tertiary/aromatic N) is 5. The van der Waals surface area contributed by atoms with Crippen LogP contribution < -0.4 is 11.1 Å². The number of aryl methyl sites for hydroxylation is 1. The summed E-state index contributed by atoms with van der Waals surface area (Å²) < 4.78 is 1.75. The maximum atomic E-state index is 6.24. The summed E-state index contributed by atoms with van der Waals surface area (Å²) in [7, 11) is 0. The van der Waals surface area contributed by atoms with Crippen LogP contribution in [0.25, 0.3) is 16.7 Å². The van der Waals surface area contributed by atoms with E-state index in [2.05, 4.69) is 25.3 Å². The molecule has 7 nitrogen and oxygen atoms in total. The second-order valence-electron chi connectivity index (χ2n) is 5.38. The Morgan fingerprint density at radius 2 is 2.04 bits per heavy atom. The molecule has 0 radical (unpaired) electrons. The highest BCUT2D eigenvalue weighted by molar-refractivity contribution is 5.94. The molecule has 4 rings (SSSR count). The van der Waals surface area contributed by atoms with Crippen molar-refractivity contribution in [3.63, 3.8) is 0 Å². The van der Waals surface area contributed by atoms with Gasteiger partial charge in [0.05, 0.1) is 5.52 Å². The SMILES string of the molecule is Cc1ccc2c(Nc3ncnc(-n4ccnc4)c3N)cccc2n1. The number of imidazole rings is 1. The number of fused-ring (bicyclic) bond motifs is 1. The van der Waals surface area contributed by atoms with Gasteiger partial charge in [0.15, 0.2) is 11.6 Å². The first-order valence-electron chi connectivity index (χ1n) is 7.44. The maximum absolute atomic E-state index is 6.24. The Morgan fingerprint density at radius 3 is 2.88 bits per heavy atom. The van der Waals surface area contributed by atoms with Crippen molar-refractivity contribution in [1.29, 1.82) is 0 Å². The van der Waals surface area contributed by atoms with Gasteiger partial charge < -0.3 is 11.1 Å². The number of aromatic nitrogens is 5. The number of hydrogen-bond donors (Lipinski definition) is 2. The van der Waals surface area contributed by atoms with E-state index in [-0.39, 0.29) is 0 Å². The molecule has 4 aromatic rings. The van der Waals surface area contributed by atoms with E-state index >= 15 is 0 Å². The number of hydrogen-bond acceptors (Lipinski definition) is 6. The van der Waals surface area contributed by atoms with Crippen molar-refractivity contribution in [2.45, 2.75) is 6.92 Å². The molecular weight excluding hydrogens is 302 g/mol. The zero-order chi connectivity index (χ0) is 16.5. The fraction of sp³-hybridized carbons (Fsp3) is 0.0588. The first-order chi connectivity index (χ1) is 11.7. The van der Waals surface area contributed by atoms with Crippen molar-refractivity contribution >= 4 is 28.1 Å². The largest absolute Gasteiger partial charge is 0.393 e. The molecule has 0 fully saturated rings. The van der Waals surface area contributed by atoms with Gasteiger partial charge in [-0.1, -0.05) is 6.07 Å². The number of anilines is 3. The van der Waals surface area contributed by atoms with Gasteiger partial charge in [-0.15, -0.1) is 0 Å². The molecule has 3 N–H and O–H groups in total. The van der Waals surface area contributed by atoms with E-state index in [1.807, 2.05) is 37.3 Å². The quantitative estimate of drug-likeness (QED) is 0.603. The molecular formula is C17H15N7. The van der Waals surface area contributed by atoms with Crippen LogP contribution in [-0.2, 0) is 0 Å². The smallest absolute Gasteiger partial charge is 0.166 e. The lowest BCUT2D eigenvalue weighted by molar-refractivity contribution is 0.977. The molecule has 3 aromatic heterocycles. The van der Waals surface area contributed by atoms with Crippen molar-refractivity contribution < 1.29 is 0 Å². The van der Waals surface area contributed by atoms with Gasteiger partial charge in [-0.25, -0.2) is 15.0 Å². The molecule has 24 heavy (non-hydrogen) atoms. The third-order valence-corrected chi connectivity index (χ3v) is 3.74. The lowest BCUT2D eigenvalue weighted by Gasteiger charge is -2.13. The Hall–Kier alpha value is -3.48. The van der Waals surface area contributed by atoms with Gasteiger partial charge in [0.25, 0.3) is 0 Å². The number of nitrogens with two attached hydrogens (primary N) is 1.